The summed E-state index contributed by atoms with van der Waals surface area (Å²) in [5.41, 5.74) is 0. The van der Waals surface area contributed by atoms with E-state index in [0.29, 0.717) is 24.8 Å². The number of likely N-dealkylation sites (tertiary alicyclic amines) is 1. The second-order valence-electron chi connectivity index (χ2n) is 7.80. The van der Waals surface area contributed by atoms with Gasteiger partial charge in [-0.3, -0.25) is 9.69 Å². The van der Waals surface area contributed by atoms with Crippen LogP contribution in [0.15, 0.2) is 16.5 Å². The first-order valence-electron chi connectivity index (χ1n) is 9.91. The minimum absolute atomic E-state index is 0.159. The molecule has 140 valence electrons. The van der Waals surface area contributed by atoms with Crippen molar-refractivity contribution in [2.75, 3.05) is 32.7 Å². The van der Waals surface area contributed by atoms with Crippen molar-refractivity contribution in [2.45, 2.75) is 52.0 Å². The molecular formula is C20H33N3O2. The number of amides is 1. The van der Waals surface area contributed by atoms with Crippen LogP contribution < -0.4 is 10.6 Å². The summed E-state index contributed by atoms with van der Waals surface area (Å²) in [6, 6.07) is 4.23. The van der Waals surface area contributed by atoms with E-state index in [1.54, 1.807) is 0 Å². The molecule has 5 nitrogen and oxygen atoms in total. The van der Waals surface area contributed by atoms with Gasteiger partial charge in [0.1, 0.15) is 11.5 Å². The molecule has 2 fully saturated rings. The van der Waals surface area contributed by atoms with Crippen LogP contribution >= 0.6 is 0 Å². The normalized spacial score (nSPS) is 24.2. The zero-order valence-electron chi connectivity index (χ0n) is 15.7. The Hall–Kier alpha value is -1.33. The summed E-state index contributed by atoms with van der Waals surface area (Å²) in [5.74, 6) is 3.14. The smallest absolute Gasteiger partial charge is 0.220 e. The van der Waals surface area contributed by atoms with E-state index in [2.05, 4.69) is 28.5 Å². The first kappa shape index (κ1) is 18.5. The van der Waals surface area contributed by atoms with E-state index < -0.39 is 0 Å². The van der Waals surface area contributed by atoms with Crippen LogP contribution in [0.4, 0.5) is 0 Å². The lowest BCUT2D eigenvalue weighted by molar-refractivity contribution is -0.122. The molecule has 3 rings (SSSR count). The number of nitrogens with zero attached hydrogens (tertiary/aromatic N) is 1. The van der Waals surface area contributed by atoms with E-state index in [9.17, 15) is 4.79 Å². The van der Waals surface area contributed by atoms with E-state index in [1.165, 1.54) is 25.7 Å². The van der Waals surface area contributed by atoms with E-state index in [1.807, 2.05) is 13.0 Å². The SMILES string of the molecule is Cc1ccc(C(CNC(=O)CC(C)C2CCCNC2)N2CCCC2)o1. The van der Waals surface area contributed by atoms with Gasteiger partial charge in [0, 0.05) is 13.0 Å². The Bertz CT molecular complexity index is 545. The molecule has 2 saturated heterocycles. The van der Waals surface area contributed by atoms with Crippen molar-refractivity contribution < 1.29 is 9.21 Å². The van der Waals surface area contributed by atoms with Crippen molar-refractivity contribution in [2.24, 2.45) is 11.8 Å². The van der Waals surface area contributed by atoms with E-state index >= 15 is 0 Å². The number of hydrogen-bond acceptors (Lipinski definition) is 4. The van der Waals surface area contributed by atoms with E-state index in [0.717, 1.165) is 37.7 Å². The quantitative estimate of drug-likeness (QED) is 0.796. The molecule has 2 N–H and O–H groups in total. The van der Waals surface area contributed by atoms with Crippen molar-refractivity contribution >= 4 is 5.91 Å². The fraction of sp³-hybridized carbons (Fsp3) is 0.750. The third kappa shape index (κ3) is 5.08. The van der Waals surface area contributed by atoms with Gasteiger partial charge in [0.15, 0.2) is 0 Å². The first-order valence-corrected chi connectivity index (χ1v) is 9.91. The van der Waals surface area contributed by atoms with Crippen molar-refractivity contribution in [3.05, 3.63) is 23.7 Å². The Morgan fingerprint density at radius 2 is 2.16 bits per heavy atom. The van der Waals surface area contributed by atoms with E-state index in [4.69, 9.17) is 4.42 Å². The molecule has 5 heteroatoms. The Balaban J connectivity index is 1.52. The third-order valence-corrected chi connectivity index (χ3v) is 5.81. The third-order valence-electron chi connectivity index (χ3n) is 5.81. The predicted octanol–water partition coefficient (Wildman–Crippen LogP) is 2.87. The number of carbonyl (C=O) groups excluding carboxylic acids is 1. The molecule has 0 spiro atoms. The van der Waals surface area contributed by atoms with Crippen LogP contribution in [-0.2, 0) is 4.79 Å². The highest BCUT2D eigenvalue weighted by atomic mass is 16.3. The van der Waals surface area contributed by atoms with Gasteiger partial charge in [-0.1, -0.05) is 6.92 Å². The van der Waals surface area contributed by atoms with Gasteiger partial charge in [0.05, 0.1) is 6.04 Å². The number of piperidine rings is 1. The molecule has 1 aromatic heterocycles. The molecule has 0 bridgehead atoms. The largest absolute Gasteiger partial charge is 0.465 e. The average molecular weight is 348 g/mol. The minimum atomic E-state index is 0.159. The first-order chi connectivity index (χ1) is 12.1. The lowest BCUT2D eigenvalue weighted by Gasteiger charge is -2.29. The Labute approximate surface area is 151 Å². The number of furan rings is 1. The van der Waals surface area contributed by atoms with Gasteiger partial charge in [0.2, 0.25) is 5.91 Å². The van der Waals surface area contributed by atoms with Crippen LogP contribution in [0.25, 0.3) is 0 Å². The summed E-state index contributed by atoms with van der Waals surface area (Å²) >= 11 is 0. The zero-order chi connectivity index (χ0) is 17.6. The Morgan fingerprint density at radius 1 is 1.36 bits per heavy atom. The maximum atomic E-state index is 12.5. The summed E-state index contributed by atoms with van der Waals surface area (Å²) in [5, 5.41) is 6.63. The van der Waals surface area contributed by atoms with Crippen molar-refractivity contribution in [3.63, 3.8) is 0 Å². The predicted molar refractivity (Wildman–Crippen MR) is 99.4 cm³/mol. The molecule has 25 heavy (non-hydrogen) atoms. The molecule has 0 saturated carbocycles. The van der Waals surface area contributed by atoms with Crippen LogP contribution in [0.3, 0.4) is 0 Å². The maximum Gasteiger partial charge on any atom is 0.220 e. The standard InChI is InChI=1S/C20H33N3O2/c1-15(17-6-5-9-21-13-17)12-20(24)22-14-18(23-10-3-4-11-23)19-8-7-16(2)25-19/h7-8,15,17-18,21H,3-6,9-14H2,1-2H3,(H,22,24). The highest BCUT2D eigenvalue weighted by molar-refractivity contribution is 5.76. The molecule has 1 amide bonds. The summed E-state index contributed by atoms with van der Waals surface area (Å²) in [6.07, 6.45) is 5.55. The van der Waals surface area contributed by atoms with Crippen LogP contribution in [0, 0.1) is 18.8 Å². The van der Waals surface area contributed by atoms with Crippen LogP contribution in [-0.4, -0.2) is 43.5 Å². The summed E-state index contributed by atoms with van der Waals surface area (Å²) in [7, 11) is 0. The number of aryl methyl sites for hydroxylation is 1. The average Bonchev–Trinajstić information content (AvgIpc) is 3.28. The second-order valence-corrected chi connectivity index (χ2v) is 7.80. The maximum absolute atomic E-state index is 12.5. The highest BCUT2D eigenvalue weighted by Gasteiger charge is 2.27. The number of nitrogens with one attached hydrogen (secondary N) is 2. The molecule has 0 radical (unpaired) electrons. The molecule has 3 atom stereocenters. The van der Waals surface area contributed by atoms with Crippen LogP contribution in [0.1, 0.15) is 56.6 Å². The van der Waals surface area contributed by atoms with Gasteiger partial charge in [-0.2, -0.15) is 0 Å². The van der Waals surface area contributed by atoms with Crippen molar-refractivity contribution in [1.82, 2.24) is 15.5 Å². The lowest BCUT2D eigenvalue weighted by atomic mass is 9.85. The second kappa shape index (κ2) is 8.86. The zero-order valence-corrected chi connectivity index (χ0v) is 15.7. The van der Waals surface area contributed by atoms with Crippen molar-refractivity contribution in [1.29, 1.82) is 0 Å². The molecule has 2 aliphatic rings. The van der Waals surface area contributed by atoms with Crippen molar-refractivity contribution in [3.8, 4) is 0 Å². The lowest BCUT2D eigenvalue weighted by Crippen LogP contribution is -2.39. The van der Waals surface area contributed by atoms with E-state index in [-0.39, 0.29) is 11.9 Å². The molecule has 0 aliphatic carbocycles. The van der Waals surface area contributed by atoms with Gasteiger partial charge in [-0.25, -0.2) is 0 Å². The monoisotopic (exact) mass is 347 g/mol. The number of carbonyl (C=O) groups is 1. The van der Waals surface area contributed by atoms with Crippen LogP contribution in [0.5, 0.6) is 0 Å². The number of hydrogen-bond donors (Lipinski definition) is 2. The van der Waals surface area contributed by atoms with Gasteiger partial charge in [-0.15, -0.1) is 0 Å². The topological polar surface area (TPSA) is 57.5 Å². The Kier molecular flexibility index (Phi) is 6.54. The minimum Gasteiger partial charge on any atom is -0.465 e. The van der Waals surface area contributed by atoms with Crippen LogP contribution in [0.2, 0.25) is 0 Å². The van der Waals surface area contributed by atoms with Gasteiger partial charge < -0.3 is 15.1 Å². The fourth-order valence-electron chi connectivity index (χ4n) is 4.20. The Morgan fingerprint density at radius 3 is 2.80 bits per heavy atom. The highest BCUT2D eigenvalue weighted by Crippen LogP contribution is 2.26. The molecule has 3 unspecified atom stereocenters. The fourth-order valence-corrected chi connectivity index (χ4v) is 4.20. The summed E-state index contributed by atoms with van der Waals surface area (Å²) in [4.78, 5) is 14.9. The molecular weight excluding hydrogens is 314 g/mol. The molecule has 3 heterocycles. The molecule has 0 aromatic carbocycles. The van der Waals surface area contributed by atoms with Gasteiger partial charge in [0.25, 0.3) is 0 Å². The van der Waals surface area contributed by atoms with Gasteiger partial charge in [-0.05, 0) is 82.8 Å². The molecule has 1 aromatic rings. The van der Waals surface area contributed by atoms with Gasteiger partial charge >= 0.3 is 0 Å². The summed E-state index contributed by atoms with van der Waals surface area (Å²) < 4.78 is 5.87. The molecule has 2 aliphatic heterocycles. The summed E-state index contributed by atoms with van der Waals surface area (Å²) in [6.45, 7) is 9.18. The number of rotatable bonds is 7.